The van der Waals surface area contributed by atoms with Crippen molar-refractivity contribution in [3.63, 3.8) is 0 Å². The standard InChI is InChI=1S/C25H28ClFN6/c1-15-7-8-19-17(14-28-31-19)21(15)22-18(26)13-16-24(23(22)27)29-20(9-12-32(2)3)30-25(16)33-10-5-4-6-11-33/h7-8,13-14H,4-6,9-12H2,1-3H3,(H,28,31). The summed E-state index contributed by atoms with van der Waals surface area (Å²) in [5.41, 5.74) is 3.23. The molecule has 1 N–H and O–H groups in total. The van der Waals surface area contributed by atoms with Gasteiger partial charge in [0.15, 0.2) is 5.82 Å². The molecule has 0 unspecified atom stereocenters. The van der Waals surface area contributed by atoms with E-state index >= 15 is 4.39 Å². The third-order valence-electron chi connectivity index (χ3n) is 6.43. The summed E-state index contributed by atoms with van der Waals surface area (Å²) >= 11 is 6.78. The number of likely N-dealkylation sites (N-methyl/N-ethyl adjacent to an activating group) is 1. The van der Waals surface area contributed by atoms with Crippen LogP contribution in [0.25, 0.3) is 32.9 Å². The lowest BCUT2D eigenvalue weighted by molar-refractivity contribution is 0.409. The summed E-state index contributed by atoms with van der Waals surface area (Å²) < 4.78 is 16.3. The number of aryl methyl sites for hydroxylation is 1. The molecule has 33 heavy (non-hydrogen) atoms. The summed E-state index contributed by atoms with van der Waals surface area (Å²) in [5, 5.41) is 9.00. The van der Waals surface area contributed by atoms with E-state index in [0.717, 1.165) is 60.3 Å². The number of anilines is 1. The fourth-order valence-electron chi connectivity index (χ4n) is 4.69. The first-order valence-corrected chi connectivity index (χ1v) is 11.8. The lowest BCUT2D eigenvalue weighted by Crippen LogP contribution is -2.31. The number of aromatic amines is 1. The second-order valence-electron chi connectivity index (χ2n) is 9.10. The topological polar surface area (TPSA) is 60.9 Å². The van der Waals surface area contributed by atoms with E-state index in [1.807, 2.05) is 39.2 Å². The van der Waals surface area contributed by atoms with E-state index in [9.17, 15) is 0 Å². The van der Waals surface area contributed by atoms with Crippen LogP contribution in [0.1, 0.15) is 30.7 Å². The number of benzene rings is 2. The Kier molecular flexibility index (Phi) is 5.93. The maximum atomic E-state index is 16.3. The Balaban J connectivity index is 1.76. The number of H-pyrrole nitrogens is 1. The van der Waals surface area contributed by atoms with Gasteiger partial charge in [-0.05, 0) is 58.0 Å². The molecule has 0 aliphatic carbocycles. The maximum Gasteiger partial charge on any atom is 0.158 e. The molecule has 1 aliphatic rings. The highest BCUT2D eigenvalue weighted by Gasteiger charge is 2.24. The predicted octanol–water partition coefficient (Wildman–Crippen LogP) is 5.37. The molecule has 172 valence electrons. The van der Waals surface area contributed by atoms with Crippen molar-refractivity contribution < 1.29 is 4.39 Å². The first-order valence-electron chi connectivity index (χ1n) is 11.5. The zero-order valence-electron chi connectivity index (χ0n) is 19.3. The molecule has 0 spiro atoms. The molecule has 1 aliphatic heterocycles. The Morgan fingerprint density at radius 3 is 2.64 bits per heavy atom. The van der Waals surface area contributed by atoms with Crippen LogP contribution in [0.15, 0.2) is 24.4 Å². The lowest BCUT2D eigenvalue weighted by Gasteiger charge is -2.29. The summed E-state index contributed by atoms with van der Waals surface area (Å²) in [7, 11) is 4.03. The SMILES string of the molecule is Cc1ccc2[nH]ncc2c1-c1c(Cl)cc2c(N3CCCCC3)nc(CCN(C)C)nc2c1F. The Morgan fingerprint density at radius 1 is 1.09 bits per heavy atom. The third kappa shape index (κ3) is 4.04. The molecule has 0 saturated carbocycles. The number of rotatable bonds is 5. The average Bonchev–Trinajstić information content (AvgIpc) is 3.28. The molecule has 2 aromatic heterocycles. The molecule has 3 heterocycles. The average molecular weight is 467 g/mol. The van der Waals surface area contributed by atoms with Crippen LogP contribution in [0.3, 0.4) is 0 Å². The molecule has 5 rings (SSSR count). The van der Waals surface area contributed by atoms with Gasteiger partial charge in [-0.15, -0.1) is 0 Å². The van der Waals surface area contributed by atoms with Gasteiger partial charge in [0.25, 0.3) is 0 Å². The molecule has 1 fully saturated rings. The number of hydrogen-bond acceptors (Lipinski definition) is 5. The molecule has 1 saturated heterocycles. The van der Waals surface area contributed by atoms with E-state index < -0.39 is 5.82 Å². The van der Waals surface area contributed by atoms with E-state index in [2.05, 4.69) is 20.0 Å². The smallest absolute Gasteiger partial charge is 0.158 e. The van der Waals surface area contributed by atoms with Gasteiger partial charge >= 0.3 is 0 Å². The maximum absolute atomic E-state index is 16.3. The Bertz CT molecular complexity index is 1330. The minimum atomic E-state index is -0.402. The number of halogens is 2. The molecule has 4 aromatic rings. The number of hydrogen-bond donors (Lipinski definition) is 1. The number of piperidine rings is 1. The highest BCUT2D eigenvalue weighted by molar-refractivity contribution is 6.35. The number of fused-ring (bicyclic) bond motifs is 2. The normalized spacial score (nSPS) is 14.7. The van der Waals surface area contributed by atoms with Crippen molar-refractivity contribution in [3.8, 4) is 11.1 Å². The Hall–Kier alpha value is -2.77. The van der Waals surface area contributed by atoms with Gasteiger partial charge in [-0.2, -0.15) is 5.10 Å². The van der Waals surface area contributed by atoms with Crippen molar-refractivity contribution in [3.05, 3.63) is 46.6 Å². The van der Waals surface area contributed by atoms with Crippen LogP contribution in [0.5, 0.6) is 0 Å². The van der Waals surface area contributed by atoms with Gasteiger partial charge in [0.1, 0.15) is 17.2 Å². The Labute approximate surface area is 197 Å². The second kappa shape index (κ2) is 8.88. The molecule has 0 amide bonds. The fourth-order valence-corrected chi connectivity index (χ4v) is 4.98. The minimum absolute atomic E-state index is 0.332. The molecule has 6 nitrogen and oxygen atoms in total. The van der Waals surface area contributed by atoms with Crippen LogP contribution in [-0.4, -0.2) is 58.8 Å². The van der Waals surface area contributed by atoms with Crippen LogP contribution >= 0.6 is 11.6 Å². The fraction of sp³-hybridized carbons (Fsp3) is 0.400. The van der Waals surface area contributed by atoms with Crippen molar-refractivity contribution in [2.24, 2.45) is 0 Å². The van der Waals surface area contributed by atoms with Gasteiger partial charge in [-0.3, -0.25) is 5.10 Å². The van der Waals surface area contributed by atoms with E-state index in [1.54, 1.807) is 6.20 Å². The van der Waals surface area contributed by atoms with Crippen LogP contribution < -0.4 is 4.90 Å². The second-order valence-corrected chi connectivity index (χ2v) is 9.50. The van der Waals surface area contributed by atoms with E-state index in [4.69, 9.17) is 21.6 Å². The molecule has 0 atom stereocenters. The van der Waals surface area contributed by atoms with Crippen LogP contribution in [0.2, 0.25) is 5.02 Å². The highest BCUT2D eigenvalue weighted by atomic mass is 35.5. The predicted molar refractivity (Wildman–Crippen MR) is 133 cm³/mol. The van der Waals surface area contributed by atoms with Gasteiger partial charge < -0.3 is 9.80 Å². The quantitative estimate of drug-likeness (QED) is 0.428. The van der Waals surface area contributed by atoms with Crippen molar-refractivity contribution in [1.29, 1.82) is 0 Å². The van der Waals surface area contributed by atoms with Gasteiger partial charge in [-0.1, -0.05) is 17.7 Å². The molecule has 0 radical (unpaired) electrons. The molecular weight excluding hydrogens is 439 g/mol. The number of nitrogens with one attached hydrogen (secondary N) is 1. The van der Waals surface area contributed by atoms with Crippen molar-refractivity contribution in [2.75, 3.05) is 38.6 Å². The van der Waals surface area contributed by atoms with Gasteiger partial charge in [-0.25, -0.2) is 14.4 Å². The van der Waals surface area contributed by atoms with Crippen molar-refractivity contribution >= 4 is 39.2 Å². The van der Waals surface area contributed by atoms with Crippen LogP contribution in [-0.2, 0) is 6.42 Å². The van der Waals surface area contributed by atoms with Crippen LogP contribution in [0.4, 0.5) is 10.2 Å². The van der Waals surface area contributed by atoms with Gasteiger partial charge in [0, 0.05) is 48.0 Å². The van der Waals surface area contributed by atoms with E-state index in [0.29, 0.717) is 33.7 Å². The zero-order valence-corrected chi connectivity index (χ0v) is 20.0. The largest absolute Gasteiger partial charge is 0.356 e. The Morgan fingerprint density at radius 2 is 1.88 bits per heavy atom. The van der Waals surface area contributed by atoms with Gasteiger partial charge in [0.05, 0.1) is 16.7 Å². The number of nitrogens with zero attached hydrogens (tertiary/aromatic N) is 5. The summed E-state index contributed by atoms with van der Waals surface area (Å²) in [4.78, 5) is 13.9. The zero-order chi connectivity index (χ0) is 23.1. The van der Waals surface area contributed by atoms with Crippen LogP contribution in [0, 0.1) is 12.7 Å². The van der Waals surface area contributed by atoms with Crippen molar-refractivity contribution in [2.45, 2.75) is 32.6 Å². The van der Waals surface area contributed by atoms with E-state index in [1.165, 1.54) is 6.42 Å². The molecule has 8 heteroatoms. The molecule has 2 aromatic carbocycles. The number of aromatic nitrogens is 4. The first-order chi connectivity index (χ1) is 15.9. The third-order valence-corrected chi connectivity index (χ3v) is 6.73. The summed E-state index contributed by atoms with van der Waals surface area (Å²) in [5.74, 6) is 1.04. The summed E-state index contributed by atoms with van der Waals surface area (Å²) in [6.07, 6.45) is 5.79. The molecular formula is C25H28ClFN6. The summed E-state index contributed by atoms with van der Waals surface area (Å²) in [6, 6.07) is 5.74. The lowest BCUT2D eigenvalue weighted by atomic mass is 9.95. The molecule has 0 bridgehead atoms. The highest BCUT2D eigenvalue weighted by Crippen LogP contribution is 2.42. The first kappa shape index (κ1) is 22.0. The van der Waals surface area contributed by atoms with Gasteiger partial charge in [0.2, 0.25) is 0 Å². The summed E-state index contributed by atoms with van der Waals surface area (Å²) in [6.45, 7) is 4.57. The monoisotopic (exact) mass is 466 g/mol. The minimum Gasteiger partial charge on any atom is -0.356 e. The van der Waals surface area contributed by atoms with E-state index in [-0.39, 0.29) is 0 Å². The van der Waals surface area contributed by atoms with Crippen molar-refractivity contribution in [1.82, 2.24) is 25.1 Å².